The molecule has 0 aliphatic carbocycles. The second-order valence-corrected chi connectivity index (χ2v) is 7.06. The van der Waals surface area contributed by atoms with E-state index < -0.39 is 6.04 Å². The average molecular weight is 340 g/mol. The van der Waals surface area contributed by atoms with E-state index in [9.17, 15) is 9.59 Å². The van der Waals surface area contributed by atoms with Crippen LogP contribution >= 0.6 is 0 Å². The van der Waals surface area contributed by atoms with E-state index in [0.717, 1.165) is 25.7 Å². The van der Waals surface area contributed by atoms with Gasteiger partial charge >= 0.3 is 12.0 Å². The predicted octanol–water partition coefficient (Wildman–Crippen LogP) is 1.96. The van der Waals surface area contributed by atoms with E-state index >= 15 is 0 Å². The Morgan fingerprint density at radius 2 is 1.96 bits per heavy atom. The van der Waals surface area contributed by atoms with Crippen molar-refractivity contribution < 1.29 is 23.9 Å². The van der Waals surface area contributed by atoms with Crippen molar-refractivity contribution in [2.24, 2.45) is 5.41 Å². The Morgan fingerprint density at radius 3 is 2.58 bits per heavy atom. The summed E-state index contributed by atoms with van der Waals surface area (Å²) >= 11 is 0. The number of fused-ring (bicyclic) bond motifs is 3. The second-order valence-electron chi connectivity index (χ2n) is 7.06. The van der Waals surface area contributed by atoms with E-state index in [-0.39, 0.29) is 23.5 Å². The number of unbranched alkanes of at least 4 members (excludes halogenated alkanes) is 2. The molecule has 3 fully saturated rings. The van der Waals surface area contributed by atoms with Crippen molar-refractivity contribution in [3.63, 3.8) is 0 Å². The number of carbonyl (C=O) groups excluding carboxylic acids is 2. The molecule has 2 bridgehead atoms. The van der Waals surface area contributed by atoms with Gasteiger partial charge < -0.3 is 14.4 Å². The van der Waals surface area contributed by atoms with Gasteiger partial charge in [0, 0.05) is 12.0 Å². The number of urea groups is 1. The Bertz CT molecular complexity index is 480. The molecule has 0 N–H and O–H groups in total. The molecule has 0 saturated carbocycles. The first-order valence-electron chi connectivity index (χ1n) is 9.10. The predicted molar refractivity (Wildman–Crippen MR) is 86.1 cm³/mol. The van der Waals surface area contributed by atoms with Crippen LogP contribution in [0.1, 0.15) is 46.0 Å². The monoisotopic (exact) mass is 340 g/mol. The zero-order valence-corrected chi connectivity index (χ0v) is 14.7. The zero-order valence-electron chi connectivity index (χ0n) is 14.7. The summed E-state index contributed by atoms with van der Waals surface area (Å²) in [6.07, 6.45) is 4.33. The first kappa shape index (κ1) is 17.5. The fourth-order valence-electron chi connectivity index (χ4n) is 3.68. The maximum atomic E-state index is 12.7. The summed E-state index contributed by atoms with van der Waals surface area (Å²) in [5.41, 5.74) is -0.177. The molecule has 3 rings (SSSR count). The highest BCUT2D eigenvalue weighted by Gasteiger charge is 2.62. The number of piperidine rings is 1. The third-order valence-electron chi connectivity index (χ3n) is 5.29. The molecule has 7 heteroatoms. The summed E-state index contributed by atoms with van der Waals surface area (Å²) in [5.74, 6) is -0.295. The molecule has 0 radical (unpaired) electrons. The minimum atomic E-state index is -0.519. The highest BCUT2D eigenvalue weighted by atomic mass is 16.7. The molecule has 3 aliphatic heterocycles. The van der Waals surface area contributed by atoms with Crippen molar-refractivity contribution in [1.82, 2.24) is 9.96 Å². The molecular weight excluding hydrogens is 312 g/mol. The molecule has 136 valence electrons. The van der Waals surface area contributed by atoms with Gasteiger partial charge in [0.1, 0.15) is 6.04 Å². The van der Waals surface area contributed by atoms with Gasteiger partial charge in [0.05, 0.1) is 32.5 Å². The first-order valence-corrected chi connectivity index (χ1v) is 9.10. The van der Waals surface area contributed by atoms with Crippen LogP contribution in [0.25, 0.3) is 0 Å². The molecule has 3 heterocycles. The summed E-state index contributed by atoms with van der Waals surface area (Å²) in [7, 11) is 0. The number of amides is 2. The molecule has 0 aromatic heterocycles. The lowest BCUT2D eigenvalue weighted by atomic mass is 9.71. The Morgan fingerprint density at radius 1 is 1.25 bits per heavy atom. The molecule has 3 saturated heterocycles. The van der Waals surface area contributed by atoms with Gasteiger partial charge in [-0.15, -0.1) is 0 Å². The largest absolute Gasteiger partial charge is 0.464 e. The van der Waals surface area contributed by atoms with E-state index in [4.69, 9.17) is 14.3 Å². The quantitative estimate of drug-likeness (QED) is 0.499. The lowest BCUT2D eigenvalue weighted by Gasteiger charge is -2.50. The van der Waals surface area contributed by atoms with E-state index in [2.05, 4.69) is 13.8 Å². The number of esters is 1. The lowest BCUT2D eigenvalue weighted by molar-refractivity contribution is -0.220. The van der Waals surface area contributed by atoms with E-state index in [1.165, 1.54) is 5.06 Å². The number of hydroxylamine groups is 2. The van der Waals surface area contributed by atoms with Crippen LogP contribution in [-0.2, 0) is 19.1 Å². The van der Waals surface area contributed by atoms with Crippen LogP contribution in [0.5, 0.6) is 0 Å². The maximum Gasteiger partial charge on any atom is 0.345 e. The lowest BCUT2D eigenvalue weighted by Crippen LogP contribution is -2.62. The van der Waals surface area contributed by atoms with Crippen LogP contribution in [0.4, 0.5) is 4.79 Å². The maximum absolute atomic E-state index is 12.7. The fraction of sp³-hybridized carbons (Fsp3) is 0.882. The molecule has 7 nitrogen and oxygen atoms in total. The Kier molecular flexibility index (Phi) is 5.30. The Hall–Kier alpha value is -1.34. The Balaban J connectivity index is 1.71. The molecule has 2 amide bonds. The summed E-state index contributed by atoms with van der Waals surface area (Å²) in [6, 6.07) is -0.762. The van der Waals surface area contributed by atoms with E-state index in [0.29, 0.717) is 39.4 Å². The molecule has 2 atom stereocenters. The van der Waals surface area contributed by atoms with Gasteiger partial charge in [-0.1, -0.05) is 26.7 Å². The summed E-state index contributed by atoms with van der Waals surface area (Å²) in [5, 5.41) is 1.50. The molecule has 3 aliphatic rings. The summed E-state index contributed by atoms with van der Waals surface area (Å²) in [6.45, 7) is 6.74. The normalized spacial score (nSPS) is 27.5. The highest BCUT2D eigenvalue weighted by Crippen LogP contribution is 2.47. The third kappa shape index (κ3) is 2.99. The number of carbonyl (C=O) groups is 2. The van der Waals surface area contributed by atoms with Crippen molar-refractivity contribution in [3.8, 4) is 0 Å². The van der Waals surface area contributed by atoms with Crippen LogP contribution in [0.2, 0.25) is 0 Å². The van der Waals surface area contributed by atoms with Gasteiger partial charge in [0.15, 0.2) is 0 Å². The van der Waals surface area contributed by atoms with Gasteiger partial charge in [0.25, 0.3) is 0 Å². The summed E-state index contributed by atoms with van der Waals surface area (Å²) in [4.78, 5) is 32.6. The number of rotatable bonds is 8. The second kappa shape index (κ2) is 7.27. The molecule has 1 unspecified atom stereocenters. The first-order chi connectivity index (χ1) is 11.6. The number of hydrogen-bond donors (Lipinski definition) is 0. The van der Waals surface area contributed by atoms with Crippen LogP contribution in [0, 0.1) is 5.41 Å². The fourth-order valence-corrected chi connectivity index (χ4v) is 3.68. The number of nitrogens with zero attached hydrogens (tertiary/aromatic N) is 2. The van der Waals surface area contributed by atoms with Gasteiger partial charge in [0.2, 0.25) is 0 Å². The van der Waals surface area contributed by atoms with Gasteiger partial charge in [-0.3, -0.25) is 4.84 Å². The standard InChI is InChI=1S/C17H28N2O5/c1-3-5-7-23-15(20)13-9-17(11-22-12-17)14-10-18(13)16(21)19(14)24-8-6-4-2/h13-14H,3-12H2,1-2H3/t13-,14?/m0/s1. The minimum Gasteiger partial charge on any atom is -0.464 e. The van der Waals surface area contributed by atoms with Crippen LogP contribution in [0.3, 0.4) is 0 Å². The SMILES string of the molecule is CCCCOC(=O)[C@@H]1CC2(COC2)C2CN1C(=O)N2OCCCC. The van der Waals surface area contributed by atoms with Crippen molar-refractivity contribution in [3.05, 3.63) is 0 Å². The molecule has 24 heavy (non-hydrogen) atoms. The average Bonchev–Trinajstić information content (AvgIpc) is 2.81. The smallest absolute Gasteiger partial charge is 0.345 e. The van der Waals surface area contributed by atoms with E-state index in [1.807, 2.05) is 0 Å². The van der Waals surface area contributed by atoms with Gasteiger partial charge in [-0.25, -0.2) is 9.59 Å². The zero-order chi connectivity index (χ0) is 17.2. The van der Waals surface area contributed by atoms with Gasteiger partial charge in [-0.05, 0) is 19.3 Å². The van der Waals surface area contributed by atoms with Gasteiger partial charge in [-0.2, -0.15) is 5.06 Å². The van der Waals surface area contributed by atoms with Crippen LogP contribution < -0.4 is 0 Å². The van der Waals surface area contributed by atoms with Crippen molar-refractivity contribution in [1.29, 1.82) is 0 Å². The number of hydrogen-bond acceptors (Lipinski definition) is 5. The van der Waals surface area contributed by atoms with Crippen LogP contribution in [-0.4, -0.2) is 67.0 Å². The molecule has 0 aromatic rings. The summed E-state index contributed by atoms with van der Waals surface area (Å²) < 4.78 is 10.8. The topological polar surface area (TPSA) is 68.3 Å². The van der Waals surface area contributed by atoms with Crippen LogP contribution in [0.15, 0.2) is 0 Å². The van der Waals surface area contributed by atoms with Crippen molar-refractivity contribution >= 4 is 12.0 Å². The molecule has 1 spiro atoms. The highest BCUT2D eigenvalue weighted by molar-refractivity contribution is 5.86. The van der Waals surface area contributed by atoms with Crippen molar-refractivity contribution in [2.45, 2.75) is 58.0 Å². The Labute approximate surface area is 143 Å². The molecule has 0 aromatic carbocycles. The van der Waals surface area contributed by atoms with Crippen molar-refractivity contribution in [2.75, 3.05) is 33.0 Å². The molecular formula is C17H28N2O5. The minimum absolute atomic E-state index is 0.0321. The van der Waals surface area contributed by atoms with E-state index in [1.54, 1.807) is 4.90 Å². The number of ether oxygens (including phenoxy) is 2. The third-order valence-corrected chi connectivity index (χ3v) is 5.29.